The summed E-state index contributed by atoms with van der Waals surface area (Å²) >= 11 is 0. The molecule has 0 rings (SSSR count). The van der Waals surface area contributed by atoms with Gasteiger partial charge in [-0.05, 0) is 84.2 Å². The van der Waals surface area contributed by atoms with Gasteiger partial charge < -0.3 is 28.7 Å². The Bertz CT molecular complexity index is 709. The Morgan fingerprint density at radius 3 is 1.22 bits per heavy atom. The van der Waals surface area contributed by atoms with Crippen molar-refractivity contribution in [2.75, 3.05) is 66.7 Å². The van der Waals surface area contributed by atoms with E-state index >= 15 is 0 Å². The van der Waals surface area contributed by atoms with Crippen LogP contribution in [-0.4, -0.2) is 100 Å². The monoisotopic (exact) mass is 526 g/mol. The van der Waals surface area contributed by atoms with Crippen LogP contribution in [0.4, 0.5) is 0 Å². The van der Waals surface area contributed by atoms with Crippen molar-refractivity contribution in [3.05, 3.63) is 24.3 Å². The molecule has 0 heterocycles. The second-order valence-corrected chi connectivity index (χ2v) is 8.39. The largest absolute Gasteiger partial charge is 0.466 e. The maximum Gasteiger partial charge on any atom is 0.331 e. The highest BCUT2D eigenvalue weighted by Crippen LogP contribution is 2.04. The zero-order valence-corrected chi connectivity index (χ0v) is 23.1. The molecule has 0 saturated carbocycles. The molecule has 0 atom stereocenters. The Hall–Kier alpha value is -2.72. The van der Waals surface area contributed by atoms with E-state index < -0.39 is 23.9 Å². The van der Waals surface area contributed by atoms with Crippen LogP contribution < -0.4 is 0 Å². The molecule has 0 N–H and O–H groups in total. The van der Waals surface area contributed by atoms with Gasteiger partial charge in [-0.15, -0.1) is 0 Å². The Balaban J connectivity index is 3.84. The van der Waals surface area contributed by atoms with E-state index in [1.807, 2.05) is 0 Å². The molecule has 37 heavy (non-hydrogen) atoms. The van der Waals surface area contributed by atoms with Crippen molar-refractivity contribution in [3.8, 4) is 0 Å². The van der Waals surface area contributed by atoms with Crippen molar-refractivity contribution >= 4 is 23.9 Å². The fourth-order valence-corrected chi connectivity index (χ4v) is 3.43. The van der Waals surface area contributed by atoms with Crippen molar-refractivity contribution < 1.29 is 38.1 Å². The number of unbranched alkanes of at least 4 members (excludes halogenated alkanes) is 4. The number of carbonyl (C=O) groups excluding carboxylic acids is 4. The molecule has 0 saturated heterocycles. The summed E-state index contributed by atoms with van der Waals surface area (Å²) in [6.07, 6.45) is 11.1. The number of ether oxygens (including phenoxy) is 4. The van der Waals surface area contributed by atoms with Crippen LogP contribution >= 0.6 is 0 Å². The van der Waals surface area contributed by atoms with E-state index in [9.17, 15) is 19.2 Å². The highest BCUT2D eigenvalue weighted by molar-refractivity contribution is 5.92. The zero-order chi connectivity index (χ0) is 27.7. The summed E-state index contributed by atoms with van der Waals surface area (Å²) in [6, 6.07) is 0. The van der Waals surface area contributed by atoms with Crippen LogP contribution in [0, 0.1) is 0 Å². The molecular formula is C27H46N2O8. The van der Waals surface area contributed by atoms with Gasteiger partial charge in [0.1, 0.15) is 0 Å². The van der Waals surface area contributed by atoms with Gasteiger partial charge in [0.15, 0.2) is 0 Å². The predicted octanol–water partition coefficient (Wildman–Crippen LogP) is 2.91. The number of hydrogen-bond acceptors (Lipinski definition) is 10. The van der Waals surface area contributed by atoms with Crippen LogP contribution in [0.2, 0.25) is 0 Å². The highest BCUT2D eigenvalue weighted by atomic mass is 16.5. The molecule has 0 aliphatic heterocycles. The van der Waals surface area contributed by atoms with Crippen molar-refractivity contribution in [2.24, 2.45) is 0 Å². The minimum atomic E-state index is -0.582. The second-order valence-electron chi connectivity index (χ2n) is 8.39. The number of methoxy groups -OCH3 is 2. The van der Waals surface area contributed by atoms with E-state index in [1.165, 1.54) is 14.2 Å². The van der Waals surface area contributed by atoms with E-state index in [4.69, 9.17) is 9.47 Å². The lowest BCUT2D eigenvalue weighted by molar-refractivity contribution is -0.139. The first kappa shape index (κ1) is 34.3. The highest BCUT2D eigenvalue weighted by Gasteiger charge is 2.06. The molecule has 0 aliphatic carbocycles. The maximum atomic E-state index is 11.5. The average molecular weight is 527 g/mol. The van der Waals surface area contributed by atoms with Gasteiger partial charge in [-0.3, -0.25) is 0 Å². The fourth-order valence-electron chi connectivity index (χ4n) is 3.43. The summed E-state index contributed by atoms with van der Waals surface area (Å²) in [4.78, 5) is 49.7. The Morgan fingerprint density at radius 2 is 0.838 bits per heavy atom. The summed E-state index contributed by atoms with van der Waals surface area (Å²) in [5, 5.41) is 0. The van der Waals surface area contributed by atoms with Crippen molar-refractivity contribution in [1.29, 1.82) is 0 Å². The van der Waals surface area contributed by atoms with E-state index in [0.29, 0.717) is 13.2 Å². The number of nitrogens with zero attached hydrogens (tertiary/aromatic N) is 2. The van der Waals surface area contributed by atoms with Gasteiger partial charge >= 0.3 is 23.9 Å². The lowest BCUT2D eigenvalue weighted by atomic mass is 10.2. The number of hydrogen-bond donors (Lipinski definition) is 0. The van der Waals surface area contributed by atoms with Crippen molar-refractivity contribution in [1.82, 2.24) is 9.80 Å². The first-order valence-electron chi connectivity index (χ1n) is 13.2. The van der Waals surface area contributed by atoms with E-state index in [1.54, 1.807) is 0 Å². The van der Waals surface area contributed by atoms with Gasteiger partial charge in [0.2, 0.25) is 0 Å². The van der Waals surface area contributed by atoms with Gasteiger partial charge in [0.25, 0.3) is 0 Å². The summed E-state index contributed by atoms with van der Waals surface area (Å²) < 4.78 is 19.0. The average Bonchev–Trinajstić information content (AvgIpc) is 2.91. The molecule has 0 aromatic rings. The molecule has 0 unspecified atom stereocenters. The normalized spacial score (nSPS) is 11.4. The van der Waals surface area contributed by atoms with Crippen LogP contribution in [0.15, 0.2) is 24.3 Å². The molecule has 212 valence electrons. The first-order valence-corrected chi connectivity index (χ1v) is 13.2. The summed E-state index contributed by atoms with van der Waals surface area (Å²) in [7, 11) is 2.50. The molecule has 10 nitrogen and oxygen atoms in total. The molecule has 0 fully saturated rings. The summed E-state index contributed by atoms with van der Waals surface area (Å²) in [6.45, 7) is 11.1. The molecular weight excluding hydrogens is 480 g/mol. The van der Waals surface area contributed by atoms with Gasteiger partial charge in [-0.1, -0.05) is 13.8 Å². The SMILES string of the molecule is CCN(CCCCCOC(=O)/C=C/C(=O)OC)CCCCN(CC)CCCCOC(=O)/C=C/C(=O)OC. The summed E-state index contributed by atoms with van der Waals surface area (Å²) in [5.41, 5.74) is 0. The zero-order valence-electron chi connectivity index (χ0n) is 23.1. The van der Waals surface area contributed by atoms with Crippen molar-refractivity contribution in [2.45, 2.75) is 58.8 Å². The molecule has 10 heteroatoms. The maximum absolute atomic E-state index is 11.5. The second kappa shape index (κ2) is 23.7. The molecule has 0 aliphatic rings. The number of carbonyl (C=O) groups is 4. The van der Waals surface area contributed by atoms with Crippen LogP contribution in [-0.2, 0) is 38.1 Å². The Labute approximate surface area is 221 Å². The van der Waals surface area contributed by atoms with E-state index in [-0.39, 0.29) is 0 Å². The fraction of sp³-hybridized carbons (Fsp3) is 0.704. The lowest BCUT2D eigenvalue weighted by Crippen LogP contribution is -2.29. The van der Waals surface area contributed by atoms with E-state index in [0.717, 1.165) is 109 Å². The van der Waals surface area contributed by atoms with Gasteiger partial charge in [0.05, 0.1) is 27.4 Å². The standard InChI is InChI=1S/C27H46N2O8/c1-5-28(18-8-7-12-22-36-26(32)16-14-24(30)34-3)19-9-10-20-29(6-2)21-11-13-23-37-27(33)17-15-25(31)35-4/h14-17H,5-13,18-23H2,1-4H3/b16-14+,17-15+. The van der Waals surface area contributed by atoms with Crippen LogP contribution in [0.5, 0.6) is 0 Å². The molecule has 0 aromatic heterocycles. The van der Waals surface area contributed by atoms with Gasteiger partial charge in [-0.2, -0.15) is 0 Å². The molecule has 0 radical (unpaired) electrons. The number of rotatable bonds is 22. The third-order valence-electron chi connectivity index (χ3n) is 5.68. The van der Waals surface area contributed by atoms with Gasteiger partial charge in [0, 0.05) is 24.3 Å². The van der Waals surface area contributed by atoms with Crippen LogP contribution in [0.3, 0.4) is 0 Å². The predicted molar refractivity (Wildman–Crippen MR) is 141 cm³/mol. The smallest absolute Gasteiger partial charge is 0.331 e. The van der Waals surface area contributed by atoms with E-state index in [2.05, 4.69) is 33.1 Å². The first-order chi connectivity index (χ1) is 17.9. The molecule has 0 bridgehead atoms. The Kier molecular flexibility index (Phi) is 21.9. The topological polar surface area (TPSA) is 112 Å². The third kappa shape index (κ3) is 21.1. The van der Waals surface area contributed by atoms with Crippen LogP contribution in [0.25, 0.3) is 0 Å². The third-order valence-corrected chi connectivity index (χ3v) is 5.68. The molecule has 0 spiro atoms. The molecule has 0 amide bonds. The minimum Gasteiger partial charge on any atom is -0.466 e. The number of esters is 4. The molecule has 0 aromatic carbocycles. The lowest BCUT2D eigenvalue weighted by Gasteiger charge is -2.23. The minimum absolute atomic E-state index is 0.336. The summed E-state index contributed by atoms with van der Waals surface area (Å²) in [5.74, 6) is -2.23. The van der Waals surface area contributed by atoms with Crippen molar-refractivity contribution in [3.63, 3.8) is 0 Å². The van der Waals surface area contributed by atoms with Crippen LogP contribution in [0.1, 0.15) is 58.8 Å². The quantitative estimate of drug-likeness (QED) is 0.0903. The Morgan fingerprint density at radius 1 is 0.514 bits per heavy atom. The van der Waals surface area contributed by atoms with Gasteiger partial charge in [-0.25, -0.2) is 19.2 Å².